The van der Waals surface area contributed by atoms with Crippen LogP contribution in [0.1, 0.15) is 45.3 Å². The summed E-state index contributed by atoms with van der Waals surface area (Å²) < 4.78 is 5.33. The molecule has 1 fully saturated rings. The van der Waals surface area contributed by atoms with E-state index in [1.54, 1.807) is 0 Å². The van der Waals surface area contributed by atoms with Gasteiger partial charge in [-0.05, 0) is 38.1 Å². The molecule has 5 nitrogen and oxygen atoms in total. The summed E-state index contributed by atoms with van der Waals surface area (Å²) in [5, 5.41) is 4.04. The Kier molecular flexibility index (Phi) is 6.92. The number of halogens is 1. The fourth-order valence-electron chi connectivity index (χ4n) is 2.66. The number of nitrogens with two attached hydrogens (primary N) is 1. The zero-order valence-corrected chi connectivity index (χ0v) is 13.5. The largest absolute Gasteiger partial charge is 0.338 e. The molecule has 1 aliphatic heterocycles. The van der Waals surface area contributed by atoms with Gasteiger partial charge in [0.15, 0.2) is 5.82 Å². The van der Waals surface area contributed by atoms with E-state index in [1.165, 1.54) is 12.8 Å². The molecule has 1 aromatic rings. The molecule has 2 rings (SSSR count). The van der Waals surface area contributed by atoms with Gasteiger partial charge in [-0.3, -0.25) is 4.90 Å². The highest BCUT2D eigenvalue weighted by molar-refractivity contribution is 5.85. The number of likely N-dealkylation sites (tertiary alicyclic amines) is 1. The molecule has 116 valence electrons. The second-order valence-electron chi connectivity index (χ2n) is 6.20. The zero-order chi connectivity index (χ0) is 13.8. The van der Waals surface area contributed by atoms with Crippen LogP contribution in [0.15, 0.2) is 4.52 Å². The lowest BCUT2D eigenvalue weighted by Gasteiger charge is -2.33. The number of rotatable bonds is 5. The van der Waals surface area contributed by atoms with E-state index in [1.807, 2.05) is 0 Å². The summed E-state index contributed by atoms with van der Waals surface area (Å²) >= 11 is 0. The fourth-order valence-corrected chi connectivity index (χ4v) is 2.66. The van der Waals surface area contributed by atoms with Gasteiger partial charge >= 0.3 is 0 Å². The van der Waals surface area contributed by atoms with Gasteiger partial charge < -0.3 is 10.3 Å². The molecule has 2 heterocycles. The molecular formula is C14H27ClN4O. The number of aromatic nitrogens is 2. The standard InChI is InChI=1S/C14H26N4O.ClH/c1-10(2)7-13-16-14(19-17-13)9-18-6-4-5-12(8-18)11(3)15;/h10-12H,4-9,15H2,1-3H3;1H. The molecular weight excluding hydrogens is 276 g/mol. The van der Waals surface area contributed by atoms with Crippen molar-refractivity contribution in [2.75, 3.05) is 13.1 Å². The first-order valence-electron chi connectivity index (χ1n) is 7.34. The van der Waals surface area contributed by atoms with E-state index in [2.05, 4.69) is 35.8 Å². The second-order valence-corrected chi connectivity index (χ2v) is 6.20. The average Bonchev–Trinajstić information content (AvgIpc) is 2.76. The number of nitrogens with zero attached hydrogens (tertiary/aromatic N) is 3. The molecule has 2 N–H and O–H groups in total. The highest BCUT2D eigenvalue weighted by atomic mass is 35.5. The number of piperidine rings is 1. The maximum absolute atomic E-state index is 6.00. The normalized spacial score (nSPS) is 21.8. The molecule has 20 heavy (non-hydrogen) atoms. The van der Waals surface area contributed by atoms with Crippen LogP contribution < -0.4 is 5.73 Å². The van der Waals surface area contributed by atoms with Crippen molar-refractivity contribution in [3.05, 3.63) is 11.7 Å². The minimum absolute atomic E-state index is 0. The topological polar surface area (TPSA) is 68.2 Å². The Bertz CT molecular complexity index is 394. The zero-order valence-electron chi connectivity index (χ0n) is 12.7. The van der Waals surface area contributed by atoms with Gasteiger partial charge in [-0.1, -0.05) is 19.0 Å². The molecule has 0 bridgehead atoms. The Balaban J connectivity index is 0.00000200. The predicted octanol–water partition coefficient (Wildman–Crippen LogP) is 2.25. The molecule has 0 aromatic carbocycles. The van der Waals surface area contributed by atoms with E-state index in [-0.39, 0.29) is 18.4 Å². The van der Waals surface area contributed by atoms with Crippen molar-refractivity contribution in [1.29, 1.82) is 0 Å². The van der Waals surface area contributed by atoms with Crippen molar-refractivity contribution < 1.29 is 4.52 Å². The van der Waals surface area contributed by atoms with Crippen LogP contribution in [0.5, 0.6) is 0 Å². The number of hydrogen-bond acceptors (Lipinski definition) is 5. The third kappa shape index (κ3) is 5.04. The Morgan fingerprint density at radius 1 is 1.40 bits per heavy atom. The van der Waals surface area contributed by atoms with Crippen LogP contribution in [0.4, 0.5) is 0 Å². The molecule has 2 atom stereocenters. The first-order chi connectivity index (χ1) is 9.04. The third-order valence-corrected chi connectivity index (χ3v) is 3.75. The van der Waals surface area contributed by atoms with E-state index in [0.717, 1.165) is 37.8 Å². The maximum Gasteiger partial charge on any atom is 0.240 e. The summed E-state index contributed by atoms with van der Waals surface area (Å²) in [5.74, 6) is 2.71. The third-order valence-electron chi connectivity index (χ3n) is 3.75. The summed E-state index contributed by atoms with van der Waals surface area (Å²) in [5.41, 5.74) is 6.00. The molecule has 6 heteroatoms. The van der Waals surface area contributed by atoms with Gasteiger partial charge in [0.1, 0.15) is 0 Å². The summed E-state index contributed by atoms with van der Waals surface area (Å²) in [7, 11) is 0. The second kappa shape index (κ2) is 7.96. The van der Waals surface area contributed by atoms with Gasteiger partial charge in [0.25, 0.3) is 0 Å². The van der Waals surface area contributed by atoms with E-state index in [4.69, 9.17) is 10.3 Å². The molecule has 2 unspecified atom stereocenters. The van der Waals surface area contributed by atoms with Crippen LogP contribution in [0.3, 0.4) is 0 Å². The molecule has 0 amide bonds. The highest BCUT2D eigenvalue weighted by Gasteiger charge is 2.24. The molecule has 0 radical (unpaired) electrons. The lowest BCUT2D eigenvalue weighted by molar-refractivity contribution is 0.139. The lowest BCUT2D eigenvalue weighted by atomic mass is 9.92. The van der Waals surface area contributed by atoms with Crippen LogP contribution in [-0.4, -0.2) is 34.2 Å². The van der Waals surface area contributed by atoms with Crippen molar-refractivity contribution >= 4 is 12.4 Å². The van der Waals surface area contributed by atoms with Gasteiger partial charge in [0.2, 0.25) is 5.89 Å². The summed E-state index contributed by atoms with van der Waals surface area (Å²) in [4.78, 5) is 6.84. The van der Waals surface area contributed by atoms with Crippen molar-refractivity contribution in [1.82, 2.24) is 15.0 Å². The average molecular weight is 303 g/mol. The van der Waals surface area contributed by atoms with Crippen molar-refractivity contribution in [2.24, 2.45) is 17.6 Å². The van der Waals surface area contributed by atoms with Crippen LogP contribution in [0.25, 0.3) is 0 Å². The summed E-state index contributed by atoms with van der Waals surface area (Å²) in [6.07, 6.45) is 3.32. The van der Waals surface area contributed by atoms with Crippen LogP contribution in [-0.2, 0) is 13.0 Å². The van der Waals surface area contributed by atoms with E-state index < -0.39 is 0 Å². The van der Waals surface area contributed by atoms with Gasteiger partial charge in [-0.25, -0.2) is 0 Å². The fraction of sp³-hybridized carbons (Fsp3) is 0.857. The lowest BCUT2D eigenvalue weighted by Crippen LogP contribution is -2.41. The minimum Gasteiger partial charge on any atom is -0.338 e. The van der Waals surface area contributed by atoms with E-state index in [9.17, 15) is 0 Å². The summed E-state index contributed by atoms with van der Waals surface area (Å²) in [6, 6.07) is 0.266. The first kappa shape index (κ1) is 17.4. The van der Waals surface area contributed by atoms with E-state index in [0.29, 0.717) is 11.8 Å². The molecule has 0 aliphatic carbocycles. The van der Waals surface area contributed by atoms with E-state index >= 15 is 0 Å². The Hall–Kier alpha value is -0.650. The molecule has 1 aromatic heterocycles. The van der Waals surface area contributed by atoms with Crippen LogP contribution >= 0.6 is 12.4 Å². The van der Waals surface area contributed by atoms with Gasteiger partial charge in [-0.2, -0.15) is 4.98 Å². The van der Waals surface area contributed by atoms with Crippen LogP contribution in [0, 0.1) is 11.8 Å². The van der Waals surface area contributed by atoms with Gasteiger partial charge in [0, 0.05) is 19.0 Å². The SMILES string of the molecule is CC(C)Cc1noc(CN2CCCC(C(C)N)C2)n1.Cl. The Labute approximate surface area is 127 Å². The quantitative estimate of drug-likeness (QED) is 0.903. The first-order valence-corrected chi connectivity index (χ1v) is 7.34. The van der Waals surface area contributed by atoms with Crippen molar-refractivity contribution in [3.8, 4) is 0 Å². The van der Waals surface area contributed by atoms with Gasteiger partial charge in [-0.15, -0.1) is 12.4 Å². The van der Waals surface area contributed by atoms with Crippen LogP contribution in [0.2, 0.25) is 0 Å². The Morgan fingerprint density at radius 2 is 2.15 bits per heavy atom. The maximum atomic E-state index is 6.00. The molecule has 1 aliphatic rings. The molecule has 0 spiro atoms. The highest BCUT2D eigenvalue weighted by Crippen LogP contribution is 2.20. The Morgan fingerprint density at radius 3 is 2.80 bits per heavy atom. The molecule has 1 saturated heterocycles. The smallest absolute Gasteiger partial charge is 0.240 e. The monoisotopic (exact) mass is 302 g/mol. The molecule has 0 saturated carbocycles. The van der Waals surface area contributed by atoms with Crippen molar-refractivity contribution in [3.63, 3.8) is 0 Å². The minimum atomic E-state index is 0. The summed E-state index contributed by atoms with van der Waals surface area (Å²) in [6.45, 7) is 9.32. The number of hydrogen-bond donors (Lipinski definition) is 1. The van der Waals surface area contributed by atoms with Gasteiger partial charge in [0.05, 0.1) is 6.54 Å². The van der Waals surface area contributed by atoms with Crippen molar-refractivity contribution in [2.45, 2.75) is 52.6 Å². The predicted molar refractivity (Wildman–Crippen MR) is 81.7 cm³/mol.